The SMILES string of the molecule is c1cnn(CC2CN(c3nc(-c4ccncc4)nc4c3CCC4)CCO2)c1. The molecule has 1 fully saturated rings. The quantitative estimate of drug-likeness (QED) is 0.708. The molecule has 2 aliphatic rings. The molecule has 4 heterocycles. The molecule has 7 heteroatoms. The number of fused-ring (bicyclic) bond motifs is 1. The van der Waals surface area contributed by atoms with Gasteiger partial charge in [-0.2, -0.15) is 5.10 Å². The Morgan fingerprint density at radius 1 is 1.11 bits per heavy atom. The number of ether oxygens (including phenoxy) is 1. The first-order valence-electron chi connectivity index (χ1n) is 9.51. The molecular weight excluding hydrogens is 340 g/mol. The van der Waals surface area contributed by atoms with Crippen LogP contribution < -0.4 is 4.90 Å². The van der Waals surface area contributed by atoms with E-state index in [0.29, 0.717) is 6.61 Å². The van der Waals surface area contributed by atoms with Crippen LogP contribution in [0.15, 0.2) is 43.0 Å². The molecule has 3 aromatic heterocycles. The fraction of sp³-hybridized carbons (Fsp3) is 0.400. The van der Waals surface area contributed by atoms with Crippen LogP contribution in [0.4, 0.5) is 5.82 Å². The average Bonchev–Trinajstić information content (AvgIpc) is 3.40. The van der Waals surface area contributed by atoms with Crippen molar-refractivity contribution in [2.75, 3.05) is 24.6 Å². The van der Waals surface area contributed by atoms with Crippen molar-refractivity contribution in [1.82, 2.24) is 24.7 Å². The molecule has 0 spiro atoms. The molecule has 0 N–H and O–H groups in total. The highest BCUT2D eigenvalue weighted by Crippen LogP contribution is 2.32. The van der Waals surface area contributed by atoms with Crippen molar-refractivity contribution >= 4 is 5.82 Å². The van der Waals surface area contributed by atoms with Gasteiger partial charge in [0.15, 0.2) is 5.82 Å². The molecule has 1 unspecified atom stereocenters. The highest BCUT2D eigenvalue weighted by molar-refractivity contribution is 5.61. The maximum atomic E-state index is 5.98. The number of aryl methyl sites for hydroxylation is 1. The van der Waals surface area contributed by atoms with Gasteiger partial charge in [0.05, 0.1) is 19.3 Å². The van der Waals surface area contributed by atoms with E-state index in [0.717, 1.165) is 56.1 Å². The highest BCUT2D eigenvalue weighted by Gasteiger charge is 2.28. The van der Waals surface area contributed by atoms with Crippen molar-refractivity contribution in [2.24, 2.45) is 0 Å². The molecule has 1 aliphatic carbocycles. The van der Waals surface area contributed by atoms with Crippen LogP contribution in [0.25, 0.3) is 11.4 Å². The van der Waals surface area contributed by atoms with Crippen LogP contribution in [-0.2, 0) is 24.1 Å². The van der Waals surface area contributed by atoms with E-state index in [1.165, 1.54) is 11.3 Å². The second kappa shape index (κ2) is 7.08. The van der Waals surface area contributed by atoms with E-state index in [1.807, 2.05) is 29.1 Å². The molecule has 138 valence electrons. The Hall–Kier alpha value is -2.80. The predicted molar refractivity (Wildman–Crippen MR) is 101 cm³/mol. The summed E-state index contributed by atoms with van der Waals surface area (Å²) in [5.41, 5.74) is 3.52. The molecule has 3 aromatic rings. The maximum Gasteiger partial charge on any atom is 0.161 e. The molecule has 5 rings (SSSR count). The van der Waals surface area contributed by atoms with Crippen molar-refractivity contribution in [2.45, 2.75) is 31.9 Å². The summed E-state index contributed by atoms with van der Waals surface area (Å²) >= 11 is 0. The van der Waals surface area contributed by atoms with Gasteiger partial charge in [-0.05, 0) is 37.5 Å². The largest absolute Gasteiger partial charge is 0.373 e. The van der Waals surface area contributed by atoms with Crippen LogP contribution in [0, 0.1) is 0 Å². The fourth-order valence-corrected chi connectivity index (χ4v) is 3.94. The van der Waals surface area contributed by atoms with E-state index in [-0.39, 0.29) is 6.10 Å². The highest BCUT2D eigenvalue weighted by atomic mass is 16.5. The minimum Gasteiger partial charge on any atom is -0.373 e. The van der Waals surface area contributed by atoms with E-state index in [9.17, 15) is 0 Å². The Bertz CT molecular complexity index is 912. The Morgan fingerprint density at radius 3 is 2.89 bits per heavy atom. The molecule has 0 bridgehead atoms. The summed E-state index contributed by atoms with van der Waals surface area (Å²) < 4.78 is 7.91. The second-order valence-electron chi connectivity index (χ2n) is 7.05. The number of anilines is 1. The average molecular weight is 362 g/mol. The first kappa shape index (κ1) is 16.4. The number of morpholine rings is 1. The van der Waals surface area contributed by atoms with Crippen molar-refractivity contribution in [3.05, 3.63) is 54.2 Å². The summed E-state index contributed by atoms with van der Waals surface area (Å²) in [6.07, 6.45) is 10.7. The van der Waals surface area contributed by atoms with Gasteiger partial charge < -0.3 is 9.64 Å². The van der Waals surface area contributed by atoms with Crippen LogP contribution in [0.3, 0.4) is 0 Å². The second-order valence-corrected chi connectivity index (χ2v) is 7.05. The van der Waals surface area contributed by atoms with Crippen LogP contribution in [0.5, 0.6) is 0 Å². The van der Waals surface area contributed by atoms with Crippen LogP contribution >= 0.6 is 0 Å². The van der Waals surface area contributed by atoms with Crippen molar-refractivity contribution < 1.29 is 4.74 Å². The van der Waals surface area contributed by atoms with Crippen molar-refractivity contribution in [1.29, 1.82) is 0 Å². The van der Waals surface area contributed by atoms with Gasteiger partial charge >= 0.3 is 0 Å². The number of hydrogen-bond acceptors (Lipinski definition) is 6. The Balaban J connectivity index is 1.46. The van der Waals surface area contributed by atoms with Gasteiger partial charge in [-0.25, -0.2) is 9.97 Å². The van der Waals surface area contributed by atoms with E-state index < -0.39 is 0 Å². The minimum absolute atomic E-state index is 0.107. The normalized spacial score (nSPS) is 19.3. The van der Waals surface area contributed by atoms with E-state index in [4.69, 9.17) is 14.7 Å². The van der Waals surface area contributed by atoms with Gasteiger partial charge in [0.1, 0.15) is 5.82 Å². The molecule has 7 nitrogen and oxygen atoms in total. The van der Waals surface area contributed by atoms with Crippen molar-refractivity contribution in [3.8, 4) is 11.4 Å². The zero-order valence-electron chi connectivity index (χ0n) is 15.2. The molecule has 1 saturated heterocycles. The van der Waals surface area contributed by atoms with Crippen LogP contribution in [0.1, 0.15) is 17.7 Å². The van der Waals surface area contributed by atoms with Gasteiger partial charge in [-0.1, -0.05) is 0 Å². The zero-order chi connectivity index (χ0) is 18.1. The molecular formula is C20H22N6O. The number of pyridine rings is 1. The summed E-state index contributed by atoms with van der Waals surface area (Å²) in [7, 11) is 0. The summed E-state index contributed by atoms with van der Waals surface area (Å²) in [5.74, 6) is 1.88. The molecule has 27 heavy (non-hydrogen) atoms. The first-order valence-corrected chi connectivity index (χ1v) is 9.51. The van der Waals surface area contributed by atoms with E-state index >= 15 is 0 Å². The number of hydrogen-bond donors (Lipinski definition) is 0. The molecule has 0 aromatic carbocycles. The van der Waals surface area contributed by atoms with Crippen molar-refractivity contribution in [3.63, 3.8) is 0 Å². The van der Waals surface area contributed by atoms with Gasteiger partial charge in [0.2, 0.25) is 0 Å². The third kappa shape index (κ3) is 3.30. The lowest BCUT2D eigenvalue weighted by molar-refractivity contribution is 0.0271. The number of rotatable bonds is 4. The third-order valence-electron chi connectivity index (χ3n) is 5.24. The van der Waals surface area contributed by atoms with Gasteiger partial charge in [-0.15, -0.1) is 0 Å². The topological polar surface area (TPSA) is 69.0 Å². The lowest BCUT2D eigenvalue weighted by atomic mass is 10.1. The zero-order valence-corrected chi connectivity index (χ0v) is 15.2. The van der Waals surface area contributed by atoms with E-state index in [2.05, 4.69) is 15.0 Å². The van der Waals surface area contributed by atoms with E-state index in [1.54, 1.807) is 18.6 Å². The first-order chi connectivity index (χ1) is 13.4. The third-order valence-corrected chi connectivity index (χ3v) is 5.24. The predicted octanol–water partition coefficient (Wildman–Crippen LogP) is 2.13. The standard InChI is InChI=1S/C20H22N6O/c1-3-17-18(4-1)23-19(15-5-8-21-9-6-15)24-20(17)25-11-12-27-16(13-25)14-26-10-2-7-22-26/h2,5-10,16H,1,3-4,11-14H2. The van der Waals surface area contributed by atoms with Crippen LogP contribution in [-0.4, -0.2) is 50.5 Å². The number of aromatic nitrogens is 5. The Labute approximate surface area is 158 Å². The molecule has 1 atom stereocenters. The molecule has 1 aliphatic heterocycles. The molecule has 0 radical (unpaired) electrons. The Kier molecular flexibility index (Phi) is 4.29. The lowest BCUT2D eigenvalue weighted by Gasteiger charge is -2.34. The smallest absolute Gasteiger partial charge is 0.161 e. The summed E-state index contributed by atoms with van der Waals surface area (Å²) in [5, 5.41) is 4.31. The van der Waals surface area contributed by atoms with Crippen LogP contribution in [0.2, 0.25) is 0 Å². The summed E-state index contributed by atoms with van der Waals surface area (Å²) in [4.78, 5) is 16.3. The summed E-state index contributed by atoms with van der Waals surface area (Å²) in [6.45, 7) is 3.14. The molecule has 0 amide bonds. The lowest BCUT2D eigenvalue weighted by Crippen LogP contribution is -2.45. The minimum atomic E-state index is 0.107. The van der Waals surface area contributed by atoms with Gasteiger partial charge in [0, 0.05) is 54.7 Å². The maximum absolute atomic E-state index is 5.98. The Morgan fingerprint density at radius 2 is 2.04 bits per heavy atom. The monoisotopic (exact) mass is 362 g/mol. The fourth-order valence-electron chi connectivity index (χ4n) is 3.94. The number of nitrogens with zero attached hydrogens (tertiary/aromatic N) is 6. The van der Waals surface area contributed by atoms with Gasteiger partial charge in [0.25, 0.3) is 0 Å². The summed E-state index contributed by atoms with van der Waals surface area (Å²) in [6, 6.07) is 5.89. The molecule has 0 saturated carbocycles. The van der Waals surface area contributed by atoms with Gasteiger partial charge in [-0.3, -0.25) is 9.67 Å².